The average molecular weight is 456 g/mol. The minimum absolute atomic E-state index is 0.697. The molecule has 34 heavy (non-hydrogen) atoms. The van der Waals surface area contributed by atoms with Crippen LogP contribution in [0.25, 0.3) is 10.9 Å². The molecule has 5 nitrogen and oxygen atoms in total. The third kappa shape index (κ3) is 6.95. The lowest BCUT2D eigenvalue weighted by molar-refractivity contribution is 0.276. The molecule has 5 heteroatoms. The molecule has 0 unspecified atom stereocenters. The molecule has 1 saturated carbocycles. The molecule has 0 aliphatic heterocycles. The highest BCUT2D eigenvalue weighted by atomic mass is 15.2. The van der Waals surface area contributed by atoms with Crippen LogP contribution in [0.5, 0.6) is 0 Å². The van der Waals surface area contributed by atoms with Gasteiger partial charge in [0.2, 0.25) is 5.95 Å². The molecule has 0 radical (unpaired) electrons. The standard InChI is InChI=1S/C29H37N5/c1-34(2)28-26-14-8-9-15-27(26)32-29(33-28)31-22-25-18-16-24(17-19-25)21-30-20-10-4-7-13-23-11-5-3-6-12-23/h3,5-6,8-9,11-12,14-15,24-25,30H,4,10,16-22H2,1-2H3,(H,31,32,33). The maximum atomic E-state index is 4.77. The SMILES string of the molecule is CN(C)c1nc(NCC2CCC(CNCCCC#Cc3ccccc3)CC2)nc2ccccc12. The van der Waals surface area contributed by atoms with Crippen molar-refractivity contribution in [2.24, 2.45) is 11.8 Å². The van der Waals surface area contributed by atoms with Crippen molar-refractivity contribution in [3.05, 3.63) is 60.2 Å². The first-order chi connectivity index (χ1) is 16.7. The summed E-state index contributed by atoms with van der Waals surface area (Å²) in [6.07, 6.45) is 7.21. The Labute approximate surface area is 204 Å². The van der Waals surface area contributed by atoms with Gasteiger partial charge in [-0.3, -0.25) is 0 Å². The van der Waals surface area contributed by atoms with Gasteiger partial charge in [-0.1, -0.05) is 42.2 Å². The smallest absolute Gasteiger partial charge is 0.225 e. The van der Waals surface area contributed by atoms with Crippen molar-refractivity contribution in [3.8, 4) is 11.8 Å². The molecule has 1 heterocycles. The summed E-state index contributed by atoms with van der Waals surface area (Å²) >= 11 is 0. The minimum atomic E-state index is 0.697. The van der Waals surface area contributed by atoms with Crippen LogP contribution in [0.3, 0.4) is 0 Å². The monoisotopic (exact) mass is 455 g/mol. The highest BCUT2D eigenvalue weighted by Crippen LogP contribution is 2.29. The number of nitrogens with zero attached hydrogens (tertiary/aromatic N) is 3. The highest BCUT2D eigenvalue weighted by molar-refractivity contribution is 5.90. The van der Waals surface area contributed by atoms with Gasteiger partial charge in [-0.25, -0.2) is 4.98 Å². The molecule has 1 fully saturated rings. The van der Waals surface area contributed by atoms with Crippen molar-refractivity contribution in [3.63, 3.8) is 0 Å². The van der Waals surface area contributed by atoms with E-state index < -0.39 is 0 Å². The highest BCUT2D eigenvalue weighted by Gasteiger charge is 2.21. The van der Waals surface area contributed by atoms with Crippen LogP contribution in [0.15, 0.2) is 54.6 Å². The molecule has 2 aromatic carbocycles. The number of unbranched alkanes of at least 4 members (excludes halogenated alkanes) is 1. The Balaban J connectivity index is 1.14. The second-order valence-corrected chi connectivity index (χ2v) is 9.53. The molecule has 4 rings (SSSR count). The van der Waals surface area contributed by atoms with Crippen molar-refractivity contribution < 1.29 is 0 Å². The molecular formula is C29H37N5. The van der Waals surface area contributed by atoms with Gasteiger partial charge in [-0.15, -0.1) is 0 Å². The Morgan fingerprint density at radius 3 is 2.35 bits per heavy atom. The van der Waals surface area contributed by atoms with Gasteiger partial charge in [-0.05, 0) is 81.3 Å². The first kappa shape index (κ1) is 24.0. The molecule has 0 atom stereocenters. The quantitative estimate of drug-likeness (QED) is 0.337. The van der Waals surface area contributed by atoms with Crippen molar-refractivity contribution in [2.75, 3.05) is 43.9 Å². The fraction of sp³-hybridized carbons (Fsp3) is 0.448. The van der Waals surface area contributed by atoms with Crippen molar-refractivity contribution in [1.82, 2.24) is 15.3 Å². The van der Waals surface area contributed by atoms with E-state index in [1.54, 1.807) is 0 Å². The predicted molar refractivity (Wildman–Crippen MR) is 143 cm³/mol. The average Bonchev–Trinajstić information content (AvgIpc) is 2.87. The number of nitrogens with one attached hydrogen (secondary N) is 2. The summed E-state index contributed by atoms with van der Waals surface area (Å²) in [4.78, 5) is 11.6. The third-order valence-electron chi connectivity index (χ3n) is 6.62. The molecule has 1 aliphatic carbocycles. The van der Waals surface area contributed by atoms with Crippen molar-refractivity contribution in [2.45, 2.75) is 38.5 Å². The van der Waals surface area contributed by atoms with Crippen LogP contribution < -0.4 is 15.5 Å². The van der Waals surface area contributed by atoms with E-state index >= 15 is 0 Å². The minimum Gasteiger partial charge on any atom is -0.362 e. The van der Waals surface area contributed by atoms with E-state index in [9.17, 15) is 0 Å². The van der Waals surface area contributed by atoms with Gasteiger partial charge in [-0.2, -0.15) is 4.98 Å². The van der Waals surface area contributed by atoms with Crippen molar-refractivity contribution in [1.29, 1.82) is 0 Å². The molecule has 0 saturated heterocycles. The van der Waals surface area contributed by atoms with Crippen LogP contribution in [0, 0.1) is 23.7 Å². The molecule has 1 aromatic heterocycles. The lowest BCUT2D eigenvalue weighted by Gasteiger charge is -2.29. The number of rotatable bonds is 9. The molecule has 2 N–H and O–H groups in total. The van der Waals surface area contributed by atoms with Crippen LogP contribution in [-0.4, -0.2) is 43.7 Å². The molecule has 3 aromatic rings. The molecule has 178 valence electrons. The lowest BCUT2D eigenvalue weighted by Crippen LogP contribution is -2.29. The summed E-state index contributed by atoms with van der Waals surface area (Å²) < 4.78 is 0. The lowest BCUT2D eigenvalue weighted by atomic mass is 9.82. The summed E-state index contributed by atoms with van der Waals surface area (Å²) in [6.45, 7) is 3.14. The largest absolute Gasteiger partial charge is 0.362 e. The number of fused-ring (bicyclic) bond motifs is 1. The number of anilines is 2. The van der Waals surface area contributed by atoms with Crippen LogP contribution in [0.2, 0.25) is 0 Å². The van der Waals surface area contributed by atoms with Gasteiger partial charge in [0.15, 0.2) is 0 Å². The van der Waals surface area contributed by atoms with Gasteiger partial charge in [0.05, 0.1) is 5.52 Å². The number of aromatic nitrogens is 2. The predicted octanol–water partition coefficient (Wildman–Crippen LogP) is 5.34. The van der Waals surface area contributed by atoms with E-state index in [0.29, 0.717) is 5.92 Å². The first-order valence-electron chi connectivity index (χ1n) is 12.6. The normalized spacial score (nSPS) is 17.7. The maximum Gasteiger partial charge on any atom is 0.225 e. The Bertz CT molecular complexity index is 1090. The van der Waals surface area contributed by atoms with Crippen LogP contribution in [0.4, 0.5) is 11.8 Å². The van der Waals surface area contributed by atoms with Gasteiger partial charge >= 0.3 is 0 Å². The van der Waals surface area contributed by atoms with Gasteiger partial charge < -0.3 is 15.5 Å². The topological polar surface area (TPSA) is 53.1 Å². The van der Waals surface area contributed by atoms with Crippen LogP contribution >= 0.6 is 0 Å². The summed E-state index contributed by atoms with van der Waals surface area (Å²) in [5.41, 5.74) is 2.09. The Morgan fingerprint density at radius 2 is 1.59 bits per heavy atom. The summed E-state index contributed by atoms with van der Waals surface area (Å²) in [5.74, 6) is 9.71. The van der Waals surface area contributed by atoms with E-state index in [2.05, 4.69) is 51.6 Å². The second-order valence-electron chi connectivity index (χ2n) is 9.53. The molecule has 0 spiro atoms. The second kappa shape index (κ2) is 12.4. The molecule has 0 amide bonds. The van der Waals surface area contributed by atoms with E-state index in [0.717, 1.165) is 66.6 Å². The van der Waals surface area contributed by atoms with E-state index in [-0.39, 0.29) is 0 Å². The van der Waals surface area contributed by atoms with E-state index in [1.807, 2.05) is 44.4 Å². The van der Waals surface area contributed by atoms with Gasteiger partial charge in [0.1, 0.15) is 5.82 Å². The van der Waals surface area contributed by atoms with E-state index in [1.165, 1.54) is 25.7 Å². The number of para-hydroxylation sites is 1. The Morgan fingerprint density at radius 1 is 0.882 bits per heavy atom. The van der Waals surface area contributed by atoms with Crippen LogP contribution in [-0.2, 0) is 0 Å². The Hall–Kier alpha value is -3.10. The zero-order valence-electron chi connectivity index (χ0n) is 20.6. The molecule has 0 bridgehead atoms. The van der Waals surface area contributed by atoms with Crippen LogP contribution in [0.1, 0.15) is 44.1 Å². The number of benzene rings is 2. The number of hydrogen-bond acceptors (Lipinski definition) is 5. The zero-order chi connectivity index (χ0) is 23.6. The fourth-order valence-electron chi connectivity index (χ4n) is 4.65. The first-order valence-corrected chi connectivity index (χ1v) is 12.6. The van der Waals surface area contributed by atoms with Crippen molar-refractivity contribution >= 4 is 22.7 Å². The summed E-state index contributed by atoms with van der Waals surface area (Å²) in [5, 5.41) is 8.27. The molecule has 1 aliphatic rings. The fourth-order valence-corrected chi connectivity index (χ4v) is 4.65. The zero-order valence-corrected chi connectivity index (χ0v) is 20.6. The van der Waals surface area contributed by atoms with E-state index in [4.69, 9.17) is 9.97 Å². The third-order valence-corrected chi connectivity index (χ3v) is 6.62. The Kier molecular flexibility index (Phi) is 8.76. The summed E-state index contributed by atoms with van der Waals surface area (Å²) in [7, 11) is 4.07. The number of hydrogen-bond donors (Lipinski definition) is 2. The molecular weight excluding hydrogens is 418 g/mol. The summed E-state index contributed by atoms with van der Waals surface area (Å²) in [6, 6.07) is 18.4. The maximum absolute atomic E-state index is 4.77. The van der Waals surface area contributed by atoms with Gasteiger partial charge in [0.25, 0.3) is 0 Å². The van der Waals surface area contributed by atoms with Gasteiger partial charge in [0, 0.05) is 38.0 Å².